The van der Waals surface area contributed by atoms with E-state index in [0.717, 1.165) is 27.5 Å². The molecule has 0 spiro atoms. The van der Waals surface area contributed by atoms with E-state index in [4.69, 9.17) is 11.6 Å². The Kier molecular flexibility index (Phi) is 3.48. The van der Waals surface area contributed by atoms with Crippen molar-refractivity contribution in [3.63, 3.8) is 0 Å². The molecule has 0 fully saturated rings. The smallest absolute Gasteiger partial charge is 0.106 e. The Morgan fingerprint density at radius 1 is 1.32 bits per heavy atom. The molecule has 0 aliphatic rings. The molecule has 98 valence electrons. The van der Waals surface area contributed by atoms with E-state index < -0.39 is 0 Å². The fourth-order valence-corrected chi connectivity index (χ4v) is 3.97. The lowest BCUT2D eigenvalue weighted by atomic mass is 10.2. The van der Waals surface area contributed by atoms with Gasteiger partial charge in [-0.15, -0.1) is 22.7 Å². The normalized spacial score (nSPS) is 11.1. The quantitative estimate of drug-likeness (QED) is 0.715. The van der Waals surface area contributed by atoms with Crippen molar-refractivity contribution in [2.75, 3.05) is 5.32 Å². The van der Waals surface area contributed by atoms with Crippen LogP contribution in [0.3, 0.4) is 0 Å². The molecule has 0 saturated carbocycles. The first-order valence-corrected chi connectivity index (χ1v) is 8.04. The van der Waals surface area contributed by atoms with Crippen molar-refractivity contribution >= 4 is 50.2 Å². The molecule has 0 bridgehead atoms. The zero-order valence-electron chi connectivity index (χ0n) is 10.7. The van der Waals surface area contributed by atoms with Gasteiger partial charge in [-0.2, -0.15) is 0 Å². The van der Waals surface area contributed by atoms with Gasteiger partial charge in [0, 0.05) is 16.3 Å². The average molecular weight is 309 g/mol. The van der Waals surface area contributed by atoms with Gasteiger partial charge in [0.2, 0.25) is 0 Å². The van der Waals surface area contributed by atoms with E-state index in [9.17, 15) is 0 Å². The molecule has 0 radical (unpaired) electrons. The summed E-state index contributed by atoms with van der Waals surface area (Å²) >= 11 is 9.73. The number of nitrogens with zero attached hydrogens (tertiary/aromatic N) is 1. The number of thiazole rings is 1. The molecule has 19 heavy (non-hydrogen) atoms. The summed E-state index contributed by atoms with van der Waals surface area (Å²) in [6, 6.07) is 6.17. The number of anilines is 1. The second-order valence-electron chi connectivity index (χ2n) is 4.41. The zero-order valence-corrected chi connectivity index (χ0v) is 13.0. The highest BCUT2D eigenvalue weighted by Crippen LogP contribution is 2.33. The van der Waals surface area contributed by atoms with Crippen LogP contribution in [0.25, 0.3) is 10.2 Å². The summed E-state index contributed by atoms with van der Waals surface area (Å²) in [5.74, 6) is 0. The molecular formula is C14H13ClN2S2. The van der Waals surface area contributed by atoms with Gasteiger partial charge in [-0.25, -0.2) is 4.98 Å². The summed E-state index contributed by atoms with van der Waals surface area (Å²) in [7, 11) is 0. The van der Waals surface area contributed by atoms with Crippen LogP contribution in [0.4, 0.5) is 5.69 Å². The molecule has 0 atom stereocenters. The molecule has 3 aromatic rings. The molecule has 1 aromatic carbocycles. The van der Waals surface area contributed by atoms with Gasteiger partial charge in [0.05, 0.1) is 20.9 Å². The van der Waals surface area contributed by atoms with Gasteiger partial charge in [0.25, 0.3) is 0 Å². The van der Waals surface area contributed by atoms with Crippen molar-refractivity contribution < 1.29 is 0 Å². The number of aromatic nitrogens is 1. The number of hydrogen-bond acceptors (Lipinski definition) is 4. The Bertz CT molecular complexity index is 730. The van der Waals surface area contributed by atoms with E-state index in [1.165, 1.54) is 15.3 Å². The van der Waals surface area contributed by atoms with Gasteiger partial charge in [-0.1, -0.05) is 11.6 Å². The van der Waals surface area contributed by atoms with Gasteiger partial charge in [0.1, 0.15) is 5.52 Å². The molecule has 0 aliphatic heterocycles. The maximum absolute atomic E-state index is 6.28. The summed E-state index contributed by atoms with van der Waals surface area (Å²) in [6.07, 6.45) is 0. The minimum atomic E-state index is 0.725. The van der Waals surface area contributed by atoms with Crippen molar-refractivity contribution in [1.29, 1.82) is 0 Å². The largest absolute Gasteiger partial charge is 0.378 e. The highest BCUT2D eigenvalue weighted by atomic mass is 35.5. The van der Waals surface area contributed by atoms with E-state index in [2.05, 4.69) is 30.2 Å². The fourth-order valence-electron chi connectivity index (χ4n) is 2.12. The number of aryl methyl sites for hydroxylation is 2. The predicted molar refractivity (Wildman–Crippen MR) is 85.7 cm³/mol. The Morgan fingerprint density at radius 3 is 2.89 bits per heavy atom. The molecule has 0 amide bonds. The van der Waals surface area contributed by atoms with Crippen LogP contribution in [-0.4, -0.2) is 4.98 Å². The summed E-state index contributed by atoms with van der Waals surface area (Å²) in [5.41, 5.74) is 5.07. The number of fused-ring (bicyclic) bond motifs is 1. The highest BCUT2D eigenvalue weighted by Gasteiger charge is 2.09. The van der Waals surface area contributed by atoms with Gasteiger partial charge in [-0.3, -0.25) is 0 Å². The molecule has 0 unspecified atom stereocenters. The Hall–Kier alpha value is -1.10. The van der Waals surface area contributed by atoms with Crippen LogP contribution in [0.15, 0.2) is 23.7 Å². The van der Waals surface area contributed by atoms with Gasteiger partial charge in [-0.05, 0) is 37.6 Å². The van der Waals surface area contributed by atoms with Crippen LogP contribution in [0.2, 0.25) is 5.02 Å². The number of hydrogen-bond donors (Lipinski definition) is 1. The topological polar surface area (TPSA) is 24.9 Å². The third-order valence-corrected chi connectivity index (χ3v) is 5.17. The fraction of sp³-hybridized carbons (Fsp3) is 0.214. The summed E-state index contributed by atoms with van der Waals surface area (Å²) in [6.45, 7) is 5.07. The van der Waals surface area contributed by atoms with E-state index in [-0.39, 0.29) is 0 Å². The number of nitrogens with one attached hydrogen (secondary N) is 1. The Morgan fingerprint density at radius 2 is 2.16 bits per heavy atom. The monoisotopic (exact) mass is 308 g/mol. The van der Waals surface area contributed by atoms with Crippen LogP contribution in [0.1, 0.15) is 15.3 Å². The maximum atomic E-state index is 6.28. The maximum Gasteiger partial charge on any atom is 0.106 e. The summed E-state index contributed by atoms with van der Waals surface area (Å²) in [5, 5.41) is 4.16. The minimum absolute atomic E-state index is 0.725. The van der Waals surface area contributed by atoms with E-state index in [1.807, 2.05) is 29.0 Å². The zero-order chi connectivity index (χ0) is 13.4. The lowest BCUT2D eigenvalue weighted by molar-refractivity contribution is 1.14. The molecule has 0 saturated heterocycles. The van der Waals surface area contributed by atoms with Crippen molar-refractivity contribution in [1.82, 2.24) is 4.98 Å². The van der Waals surface area contributed by atoms with Gasteiger partial charge < -0.3 is 5.32 Å². The third-order valence-electron chi connectivity index (χ3n) is 3.05. The lowest BCUT2D eigenvalue weighted by Gasteiger charge is -2.09. The van der Waals surface area contributed by atoms with Crippen LogP contribution >= 0.6 is 34.3 Å². The number of benzene rings is 1. The van der Waals surface area contributed by atoms with Crippen molar-refractivity contribution in [2.24, 2.45) is 0 Å². The average Bonchev–Trinajstić information content (AvgIpc) is 2.95. The molecule has 2 aromatic heterocycles. The molecule has 2 heterocycles. The predicted octanol–water partition coefficient (Wildman–Crippen LogP) is 5.24. The van der Waals surface area contributed by atoms with Crippen LogP contribution in [0.5, 0.6) is 0 Å². The van der Waals surface area contributed by atoms with Gasteiger partial charge >= 0.3 is 0 Å². The van der Waals surface area contributed by atoms with Crippen LogP contribution in [-0.2, 0) is 6.54 Å². The first kappa shape index (κ1) is 12.9. The van der Waals surface area contributed by atoms with E-state index in [0.29, 0.717) is 0 Å². The van der Waals surface area contributed by atoms with Crippen LogP contribution < -0.4 is 5.32 Å². The molecule has 0 aliphatic carbocycles. The van der Waals surface area contributed by atoms with Crippen LogP contribution in [0, 0.1) is 13.8 Å². The first-order valence-electron chi connectivity index (χ1n) is 5.96. The van der Waals surface area contributed by atoms with Gasteiger partial charge in [0.15, 0.2) is 0 Å². The molecule has 5 heteroatoms. The second-order valence-corrected chi connectivity index (χ2v) is 7.17. The first-order chi connectivity index (χ1) is 9.15. The third kappa shape index (κ3) is 2.48. The number of halogens is 1. The standard InChI is InChI=1S/C14H13ClN2S2/c1-8-5-10(9(2)19-8)6-16-13-11(15)3-4-12-14(13)17-7-18-12/h3-5,7,16H,6H2,1-2H3. The Balaban J connectivity index is 1.91. The summed E-state index contributed by atoms with van der Waals surface area (Å²) < 4.78 is 1.16. The Labute approximate surface area is 125 Å². The second kappa shape index (κ2) is 5.12. The van der Waals surface area contributed by atoms with E-state index >= 15 is 0 Å². The van der Waals surface area contributed by atoms with Crippen molar-refractivity contribution in [2.45, 2.75) is 20.4 Å². The minimum Gasteiger partial charge on any atom is -0.378 e. The molecule has 1 N–H and O–H groups in total. The number of thiophene rings is 1. The molecular weight excluding hydrogens is 296 g/mol. The molecule has 3 rings (SSSR count). The summed E-state index contributed by atoms with van der Waals surface area (Å²) in [4.78, 5) is 7.09. The van der Waals surface area contributed by atoms with Crippen molar-refractivity contribution in [3.05, 3.63) is 44.1 Å². The lowest BCUT2D eigenvalue weighted by Crippen LogP contribution is -2.00. The highest BCUT2D eigenvalue weighted by molar-refractivity contribution is 7.16. The SMILES string of the molecule is Cc1cc(CNc2c(Cl)ccc3scnc23)c(C)s1. The van der Waals surface area contributed by atoms with E-state index in [1.54, 1.807) is 11.3 Å². The number of rotatable bonds is 3. The molecule has 2 nitrogen and oxygen atoms in total. The van der Waals surface area contributed by atoms with Crippen molar-refractivity contribution in [3.8, 4) is 0 Å².